The summed E-state index contributed by atoms with van der Waals surface area (Å²) in [5, 5.41) is 3.15. The van der Waals surface area contributed by atoms with E-state index >= 15 is 0 Å². The van der Waals surface area contributed by atoms with Crippen LogP contribution in [0.5, 0.6) is 5.75 Å². The van der Waals surface area contributed by atoms with Crippen molar-refractivity contribution in [2.24, 2.45) is 11.8 Å². The third-order valence-electron chi connectivity index (χ3n) is 5.85. The Labute approximate surface area is 148 Å². The first kappa shape index (κ1) is 16.4. The van der Waals surface area contributed by atoms with E-state index in [9.17, 15) is 9.59 Å². The van der Waals surface area contributed by atoms with Crippen LogP contribution in [0.4, 0.5) is 0 Å². The molecular formula is C20H26N2O3. The first-order chi connectivity index (χ1) is 12.2. The third kappa shape index (κ3) is 3.24. The van der Waals surface area contributed by atoms with Crippen LogP contribution in [-0.4, -0.2) is 36.4 Å². The fraction of sp³-hybridized carbons (Fsp3) is 0.600. The molecule has 1 N–H and O–H groups in total. The third-order valence-corrected chi connectivity index (χ3v) is 5.85. The number of para-hydroxylation sites is 1. The highest BCUT2D eigenvalue weighted by atomic mass is 16.5. The molecule has 2 fully saturated rings. The van der Waals surface area contributed by atoms with E-state index in [1.807, 2.05) is 29.2 Å². The molecule has 0 radical (unpaired) electrons. The predicted octanol–water partition coefficient (Wildman–Crippen LogP) is 2.67. The van der Waals surface area contributed by atoms with Crippen LogP contribution in [0.1, 0.15) is 50.1 Å². The minimum absolute atomic E-state index is 0.0162. The Balaban J connectivity index is 1.45. The summed E-state index contributed by atoms with van der Waals surface area (Å²) in [5.41, 5.74) is 1.04. The Morgan fingerprint density at radius 1 is 1.00 bits per heavy atom. The number of fused-ring (bicyclic) bond motifs is 1. The van der Waals surface area contributed by atoms with Crippen molar-refractivity contribution in [3.8, 4) is 5.75 Å². The van der Waals surface area contributed by atoms with E-state index in [4.69, 9.17) is 4.74 Å². The van der Waals surface area contributed by atoms with E-state index in [0.29, 0.717) is 6.61 Å². The second-order valence-corrected chi connectivity index (χ2v) is 7.44. The van der Waals surface area contributed by atoms with Crippen LogP contribution in [0.15, 0.2) is 24.3 Å². The minimum atomic E-state index is -0.199. The highest BCUT2D eigenvalue weighted by Gasteiger charge is 2.39. The average Bonchev–Trinajstić information content (AvgIpc) is 3.32. The van der Waals surface area contributed by atoms with Gasteiger partial charge in [-0.2, -0.15) is 0 Å². The van der Waals surface area contributed by atoms with Crippen molar-refractivity contribution in [3.05, 3.63) is 29.8 Å². The number of rotatable bonds is 3. The quantitative estimate of drug-likeness (QED) is 0.919. The maximum Gasteiger partial charge on any atom is 0.226 e. The van der Waals surface area contributed by atoms with Crippen molar-refractivity contribution in [3.63, 3.8) is 0 Å². The minimum Gasteiger partial charge on any atom is -0.491 e. The fourth-order valence-corrected chi connectivity index (χ4v) is 4.47. The summed E-state index contributed by atoms with van der Waals surface area (Å²) in [6, 6.07) is 7.73. The number of hydrogen-bond acceptors (Lipinski definition) is 3. The first-order valence-corrected chi connectivity index (χ1v) is 9.55. The number of carbonyl (C=O) groups excluding carboxylic acids is 2. The second kappa shape index (κ2) is 7.06. The molecule has 2 aliphatic heterocycles. The standard InChI is InChI=1S/C20H26N2O3/c23-19(21-17-13-25-18-10-4-3-9-16(17)18)14-7-1-2-8-15(14)20(24)22-11-5-6-12-22/h3-4,9-10,14-15,17H,1-2,5-8,11-13H2,(H,21,23)/t14-,15+,17-/m1/s1. The van der Waals surface area contributed by atoms with Crippen LogP contribution in [0.2, 0.25) is 0 Å². The number of likely N-dealkylation sites (tertiary alicyclic amines) is 1. The zero-order valence-corrected chi connectivity index (χ0v) is 14.6. The SMILES string of the molecule is O=C(N[C@@H]1COc2ccccc21)[C@@H]1CCCC[C@@H]1C(=O)N1CCCC1. The van der Waals surface area contributed by atoms with Gasteiger partial charge < -0.3 is 15.0 Å². The molecular weight excluding hydrogens is 316 g/mol. The Hall–Kier alpha value is -2.04. The summed E-state index contributed by atoms with van der Waals surface area (Å²) in [6.45, 7) is 2.18. The van der Waals surface area contributed by atoms with E-state index in [-0.39, 0.29) is 29.7 Å². The van der Waals surface area contributed by atoms with E-state index in [1.165, 1.54) is 0 Å². The summed E-state index contributed by atoms with van der Waals surface area (Å²) < 4.78 is 5.66. The Morgan fingerprint density at radius 2 is 1.72 bits per heavy atom. The molecule has 5 nitrogen and oxygen atoms in total. The molecule has 5 heteroatoms. The topological polar surface area (TPSA) is 58.6 Å². The molecule has 0 unspecified atom stereocenters. The lowest BCUT2D eigenvalue weighted by Crippen LogP contribution is -2.45. The molecule has 3 atom stereocenters. The second-order valence-electron chi connectivity index (χ2n) is 7.44. The van der Waals surface area contributed by atoms with Gasteiger partial charge in [0.15, 0.2) is 0 Å². The molecule has 134 valence electrons. The average molecular weight is 342 g/mol. The summed E-state index contributed by atoms with van der Waals surface area (Å²) in [6.07, 6.45) is 5.90. The first-order valence-electron chi connectivity index (χ1n) is 9.55. The van der Waals surface area contributed by atoms with Crippen molar-refractivity contribution in [2.75, 3.05) is 19.7 Å². The van der Waals surface area contributed by atoms with Gasteiger partial charge in [0.25, 0.3) is 0 Å². The molecule has 1 aliphatic carbocycles. The molecule has 2 heterocycles. The van der Waals surface area contributed by atoms with E-state index in [0.717, 1.165) is 62.9 Å². The van der Waals surface area contributed by atoms with Gasteiger partial charge in [0, 0.05) is 30.5 Å². The van der Waals surface area contributed by atoms with Crippen LogP contribution >= 0.6 is 0 Å². The number of hydrogen-bond donors (Lipinski definition) is 1. The van der Waals surface area contributed by atoms with E-state index in [1.54, 1.807) is 0 Å². The summed E-state index contributed by atoms with van der Waals surface area (Å²) in [7, 11) is 0. The van der Waals surface area contributed by atoms with Crippen LogP contribution in [0.25, 0.3) is 0 Å². The van der Waals surface area contributed by atoms with Gasteiger partial charge in [-0.15, -0.1) is 0 Å². The molecule has 25 heavy (non-hydrogen) atoms. The van der Waals surface area contributed by atoms with Crippen molar-refractivity contribution in [1.29, 1.82) is 0 Å². The molecule has 2 amide bonds. The number of nitrogens with zero attached hydrogens (tertiary/aromatic N) is 1. The molecule has 0 aromatic heterocycles. The van der Waals surface area contributed by atoms with Gasteiger partial charge in [0.05, 0.1) is 6.04 Å². The van der Waals surface area contributed by atoms with Crippen LogP contribution in [0.3, 0.4) is 0 Å². The highest BCUT2D eigenvalue weighted by molar-refractivity contribution is 5.88. The lowest BCUT2D eigenvalue weighted by atomic mass is 9.77. The molecule has 0 bridgehead atoms. The zero-order valence-electron chi connectivity index (χ0n) is 14.6. The maximum absolute atomic E-state index is 13.0. The van der Waals surface area contributed by atoms with Gasteiger partial charge in [-0.25, -0.2) is 0 Å². The zero-order chi connectivity index (χ0) is 17.2. The number of amides is 2. The van der Waals surface area contributed by atoms with Gasteiger partial charge in [0.2, 0.25) is 11.8 Å². The fourth-order valence-electron chi connectivity index (χ4n) is 4.47. The smallest absolute Gasteiger partial charge is 0.226 e. The summed E-state index contributed by atoms with van der Waals surface area (Å²) >= 11 is 0. The van der Waals surface area contributed by atoms with Gasteiger partial charge in [-0.3, -0.25) is 9.59 Å². The molecule has 1 aromatic rings. The monoisotopic (exact) mass is 342 g/mol. The van der Waals surface area contributed by atoms with Crippen molar-refractivity contribution in [2.45, 2.75) is 44.6 Å². The Morgan fingerprint density at radius 3 is 2.52 bits per heavy atom. The lowest BCUT2D eigenvalue weighted by molar-refractivity contribution is -0.143. The molecule has 1 saturated heterocycles. The highest BCUT2D eigenvalue weighted by Crippen LogP contribution is 2.35. The molecule has 1 aromatic carbocycles. The Kier molecular flexibility index (Phi) is 4.64. The maximum atomic E-state index is 13.0. The predicted molar refractivity (Wildman–Crippen MR) is 94.1 cm³/mol. The van der Waals surface area contributed by atoms with Gasteiger partial charge in [-0.1, -0.05) is 31.0 Å². The van der Waals surface area contributed by atoms with Crippen LogP contribution in [-0.2, 0) is 9.59 Å². The molecule has 4 rings (SSSR count). The largest absolute Gasteiger partial charge is 0.491 e. The van der Waals surface area contributed by atoms with Crippen molar-refractivity contribution < 1.29 is 14.3 Å². The van der Waals surface area contributed by atoms with Crippen molar-refractivity contribution in [1.82, 2.24) is 10.2 Å². The molecule has 0 spiro atoms. The van der Waals surface area contributed by atoms with Crippen LogP contribution < -0.4 is 10.1 Å². The number of carbonyl (C=O) groups is 2. The lowest BCUT2D eigenvalue weighted by Gasteiger charge is -2.33. The van der Waals surface area contributed by atoms with Crippen molar-refractivity contribution >= 4 is 11.8 Å². The van der Waals surface area contributed by atoms with Gasteiger partial charge >= 0.3 is 0 Å². The van der Waals surface area contributed by atoms with Crippen LogP contribution in [0, 0.1) is 11.8 Å². The summed E-state index contributed by atoms with van der Waals surface area (Å²) in [4.78, 5) is 27.8. The Bertz CT molecular complexity index is 654. The normalized spacial score (nSPS) is 28.3. The van der Waals surface area contributed by atoms with E-state index < -0.39 is 0 Å². The van der Waals surface area contributed by atoms with E-state index in [2.05, 4.69) is 5.32 Å². The summed E-state index contributed by atoms with van der Waals surface area (Å²) in [5.74, 6) is 0.711. The number of ether oxygens (including phenoxy) is 1. The number of benzene rings is 1. The van der Waals surface area contributed by atoms with Gasteiger partial charge in [-0.05, 0) is 31.7 Å². The van der Waals surface area contributed by atoms with Gasteiger partial charge in [0.1, 0.15) is 12.4 Å². The number of nitrogens with one attached hydrogen (secondary N) is 1. The molecule has 1 saturated carbocycles. The molecule has 3 aliphatic rings.